The average molecular weight is 980 g/mol. The van der Waals surface area contributed by atoms with Crippen molar-refractivity contribution in [2.24, 2.45) is 59.2 Å². The minimum absolute atomic E-state index is 0.664. The summed E-state index contributed by atoms with van der Waals surface area (Å²) in [6.45, 7) is 7.81. The molecular formula is C68H98O4. The number of ether oxygens (including phenoxy) is 4. The third kappa shape index (κ3) is 14.8. The van der Waals surface area contributed by atoms with Gasteiger partial charge in [0.25, 0.3) is 0 Å². The van der Waals surface area contributed by atoms with Gasteiger partial charge in [-0.3, -0.25) is 0 Å². The van der Waals surface area contributed by atoms with E-state index in [0.29, 0.717) is 11.8 Å². The first-order valence-electron chi connectivity index (χ1n) is 30.9. The van der Waals surface area contributed by atoms with E-state index in [1.807, 2.05) is 0 Å². The molecule has 6 fully saturated rings. The number of rotatable bonds is 34. The van der Waals surface area contributed by atoms with Crippen LogP contribution in [-0.4, -0.2) is 26.4 Å². The van der Waals surface area contributed by atoms with Crippen molar-refractivity contribution < 1.29 is 18.9 Å². The van der Waals surface area contributed by atoms with Crippen LogP contribution in [0.1, 0.15) is 229 Å². The zero-order valence-electron chi connectivity index (χ0n) is 45.5. The van der Waals surface area contributed by atoms with Gasteiger partial charge in [0.15, 0.2) is 0 Å². The van der Waals surface area contributed by atoms with E-state index in [1.54, 1.807) is 0 Å². The van der Waals surface area contributed by atoms with Crippen LogP contribution in [0, 0.1) is 59.2 Å². The van der Waals surface area contributed by atoms with Crippen molar-refractivity contribution in [3.05, 3.63) is 82.9 Å². The molecule has 0 heterocycles. The Kier molecular flexibility index (Phi) is 20.9. The minimum Gasteiger partial charge on any atom is -0.494 e. The molecule has 3 aromatic rings. The Morgan fingerprint density at radius 3 is 1.12 bits per heavy atom. The molecule has 4 bridgehead atoms. The lowest BCUT2D eigenvalue weighted by Crippen LogP contribution is -2.28. The number of fused-ring (bicyclic) bond motifs is 10. The molecule has 3 aromatic carbocycles. The predicted octanol–water partition coefficient (Wildman–Crippen LogP) is 19.5. The third-order valence-electron chi connectivity index (χ3n) is 19.4. The fraction of sp³-hybridized carbons (Fsp3) is 0.676. The SMILES string of the molecule is CCCCCCCCCCCCOc1ccc(/C=C/c2cc(OCC3CC4CC3C3CCCC43)c(/C=C/c3ccc(OCCCCCCCCCCCC)cc3)cc2OCC2CC3CC2C2CCCC32)cc1. The summed E-state index contributed by atoms with van der Waals surface area (Å²) in [6.07, 6.45) is 50.1. The second-order valence-corrected chi connectivity index (χ2v) is 24.2. The van der Waals surface area contributed by atoms with Crippen LogP contribution in [0.5, 0.6) is 23.0 Å². The summed E-state index contributed by atoms with van der Waals surface area (Å²) in [4.78, 5) is 0. The summed E-state index contributed by atoms with van der Waals surface area (Å²) in [5, 5.41) is 0. The molecule has 0 amide bonds. The standard InChI is InChI=1S/C68H98O4/c1-3-5-7-9-11-13-15-17-19-21-41-69-59-37-31-51(32-38-59)29-35-53-47-68(72-50-58-44-56-46-66(58)64-28-24-26-62(56)64)54(48-67(53)71-49-57-43-55-45-65(57)63-27-23-25-61(55)63)36-30-52-33-39-60(40-34-52)70-42-22-20-18-16-14-12-10-8-6-4-2/h29-40,47-48,55-58,61-66H,3-28,41-46,49-50H2,1-2H3/b35-29+,36-30+. The van der Waals surface area contributed by atoms with Crippen molar-refractivity contribution in [1.82, 2.24) is 0 Å². The topological polar surface area (TPSA) is 36.9 Å². The Hall–Kier alpha value is -3.66. The van der Waals surface area contributed by atoms with E-state index in [-0.39, 0.29) is 0 Å². The van der Waals surface area contributed by atoms with Gasteiger partial charge in [-0.15, -0.1) is 0 Å². The monoisotopic (exact) mass is 979 g/mol. The molecule has 6 saturated carbocycles. The van der Waals surface area contributed by atoms with Gasteiger partial charge in [-0.2, -0.15) is 0 Å². The van der Waals surface area contributed by atoms with Crippen LogP contribution in [0.15, 0.2) is 60.7 Å². The van der Waals surface area contributed by atoms with Crippen molar-refractivity contribution in [2.75, 3.05) is 26.4 Å². The van der Waals surface area contributed by atoms with E-state index >= 15 is 0 Å². The fourth-order valence-electron chi connectivity index (χ4n) is 15.6. The lowest BCUT2D eigenvalue weighted by molar-refractivity contribution is 0.130. The Labute approximate surface area is 439 Å². The normalized spacial score (nSPS) is 26.9. The maximum Gasteiger partial charge on any atom is 0.127 e. The predicted molar refractivity (Wildman–Crippen MR) is 304 cm³/mol. The fourth-order valence-corrected chi connectivity index (χ4v) is 15.6. The van der Waals surface area contributed by atoms with Gasteiger partial charge in [0.1, 0.15) is 23.0 Å². The van der Waals surface area contributed by atoms with Crippen molar-refractivity contribution in [1.29, 1.82) is 0 Å². The van der Waals surface area contributed by atoms with Crippen LogP contribution in [0.25, 0.3) is 24.3 Å². The number of benzene rings is 3. The Morgan fingerprint density at radius 2 is 0.736 bits per heavy atom. The van der Waals surface area contributed by atoms with Crippen LogP contribution in [0.2, 0.25) is 0 Å². The number of hydrogen-bond donors (Lipinski definition) is 0. The number of unbranched alkanes of at least 4 members (excludes halogenated alkanes) is 18. The Bertz CT molecular complexity index is 1930. The first kappa shape index (κ1) is 53.2. The van der Waals surface area contributed by atoms with Crippen molar-refractivity contribution >= 4 is 24.3 Å². The lowest BCUT2D eigenvalue weighted by atomic mass is 9.76. The maximum absolute atomic E-state index is 7.08. The van der Waals surface area contributed by atoms with Crippen LogP contribution < -0.4 is 18.9 Å². The molecule has 4 nitrogen and oxygen atoms in total. The van der Waals surface area contributed by atoms with Gasteiger partial charge >= 0.3 is 0 Å². The zero-order valence-corrected chi connectivity index (χ0v) is 45.5. The molecule has 0 aromatic heterocycles. The van der Waals surface area contributed by atoms with Crippen molar-refractivity contribution in [3.8, 4) is 23.0 Å². The summed E-state index contributed by atoms with van der Waals surface area (Å²) in [5.74, 6) is 12.6. The highest BCUT2D eigenvalue weighted by molar-refractivity contribution is 5.79. The molecular weight excluding hydrogens is 881 g/mol. The van der Waals surface area contributed by atoms with E-state index in [2.05, 4.69) is 98.8 Å². The smallest absolute Gasteiger partial charge is 0.127 e. The largest absolute Gasteiger partial charge is 0.494 e. The first-order valence-corrected chi connectivity index (χ1v) is 30.9. The molecule has 72 heavy (non-hydrogen) atoms. The van der Waals surface area contributed by atoms with Gasteiger partial charge in [0, 0.05) is 11.1 Å². The van der Waals surface area contributed by atoms with E-state index in [9.17, 15) is 0 Å². The third-order valence-corrected chi connectivity index (χ3v) is 19.4. The van der Waals surface area contributed by atoms with Crippen LogP contribution >= 0.6 is 0 Å². The first-order chi connectivity index (χ1) is 35.6. The van der Waals surface area contributed by atoms with Gasteiger partial charge in [-0.05, 0) is 171 Å². The molecule has 0 N–H and O–H groups in total. The molecule has 394 valence electrons. The van der Waals surface area contributed by atoms with E-state index in [0.717, 1.165) is 121 Å². The summed E-state index contributed by atoms with van der Waals surface area (Å²) in [7, 11) is 0. The average Bonchev–Trinajstić information content (AvgIpc) is 4.28. The molecule has 9 rings (SSSR count). The molecule has 10 unspecified atom stereocenters. The summed E-state index contributed by atoms with van der Waals surface area (Å²) in [6, 6.07) is 22.0. The molecule has 6 aliphatic carbocycles. The minimum atomic E-state index is 0.664. The maximum atomic E-state index is 7.08. The van der Waals surface area contributed by atoms with E-state index in [4.69, 9.17) is 18.9 Å². The van der Waals surface area contributed by atoms with E-state index in [1.165, 1.54) is 191 Å². The van der Waals surface area contributed by atoms with E-state index < -0.39 is 0 Å². The second kappa shape index (κ2) is 28.3. The zero-order chi connectivity index (χ0) is 49.2. The van der Waals surface area contributed by atoms with Gasteiger partial charge in [0.2, 0.25) is 0 Å². The second-order valence-electron chi connectivity index (χ2n) is 24.2. The summed E-state index contributed by atoms with van der Waals surface area (Å²) >= 11 is 0. The van der Waals surface area contributed by atoms with Crippen LogP contribution in [0.4, 0.5) is 0 Å². The Morgan fingerprint density at radius 1 is 0.375 bits per heavy atom. The van der Waals surface area contributed by atoms with Crippen molar-refractivity contribution in [3.63, 3.8) is 0 Å². The molecule has 0 spiro atoms. The van der Waals surface area contributed by atoms with Crippen molar-refractivity contribution in [2.45, 2.75) is 206 Å². The molecule has 10 atom stereocenters. The van der Waals surface area contributed by atoms with Crippen LogP contribution in [-0.2, 0) is 0 Å². The van der Waals surface area contributed by atoms with Gasteiger partial charge in [-0.25, -0.2) is 0 Å². The highest BCUT2D eigenvalue weighted by Gasteiger charge is 2.55. The molecule has 6 aliphatic rings. The molecule has 0 saturated heterocycles. The molecule has 4 heteroatoms. The Balaban J connectivity index is 0.853. The highest BCUT2D eigenvalue weighted by Crippen LogP contribution is 2.62. The van der Waals surface area contributed by atoms with Crippen LogP contribution in [0.3, 0.4) is 0 Å². The van der Waals surface area contributed by atoms with Gasteiger partial charge < -0.3 is 18.9 Å². The molecule has 0 aliphatic heterocycles. The quantitative estimate of drug-likeness (QED) is 0.0441. The molecule has 0 radical (unpaired) electrons. The lowest BCUT2D eigenvalue weighted by Gasteiger charge is -2.32. The number of hydrogen-bond acceptors (Lipinski definition) is 4. The highest BCUT2D eigenvalue weighted by atomic mass is 16.5. The summed E-state index contributed by atoms with van der Waals surface area (Å²) in [5.41, 5.74) is 4.56. The summed E-state index contributed by atoms with van der Waals surface area (Å²) < 4.78 is 26.6. The van der Waals surface area contributed by atoms with Gasteiger partial charge in [0.05, 0.1) is 26.4 Å². The van der Waals surface area contributed by atoms with Gasteiger partial charge in [-0.1, -0.05) is 191 Å².